The zero-order valence-electron chi connectivity index (χ0n) is 16.5. The van der Waals surface area contributed by atoms with Crippen molar-refractivity contribution in [2.45, 2.75) is 71.8 Å². The van der Waals surface area contributed by atoms with Crippen LogP contribution in [0.2, 0.25) is 0 Å². The first-order valence-electron chi connectivity index (χ1n) is 8.37. The van der Waals surface area contributed by atoms with E-state index < -0.39 is 13.9 Å². The van der Waals surface area contributed by atoms with Crippen LogP contribution in [0.3, 0.4) is 0 Å². The standard InChI is InChI=1S/C20H29O4P/c1-18(2,3)15-11-14(12-16(13-15)19(4,5)6)9-10-17(21)20(7,8)24-25(22)23/h9-13H,1-8H3/p+1/b10-9+. The third kappa shape index (κ3) is 6.47. The van der Waals surface area contributed by atoms with Gasteiger partial charge in [-0.15, -0.1) is 9.42 Å². The molecule has 0 aliphatic rings. The summed E-state index contributed by atoms with van der Waals surface area (Å²) >= 11 is 0. The van der Waals surface area contributed by atoms with E-state index in [-0.39, 0.29) is 16.6 Å². The SMILES string of the molecule is CC(C)(O[P+](=O)O)C(=O)/C=C/c1cc(C(C)(C)C)cc(C(C)(C)C)c1. The molecule has 4 nitrogen and oxygen atoms in total. The van der Waals surface area contributed by atoms with Gasteiger partial charge in [-0.25, -0.2) is 0 Å². The molecule has 1 N–H and O–H groups in total. The van der Waals surface area contributed by atoms with Gasteiger partial charge >= 0.3 is 8.25 Å². The average Bonchev–Trinajstić information content (AvgIpc) is 2.41. The van der Waals surface area contributed by atoms with E-state index in [2.05, 4.69) is 59.7 Å². The molecule has 5 heteroatoms. The molecular formula is C20H30O4P+. The number of hydrogen-bond acceptors (Lipinski definition) is 3. The minimum absolute atomic E-state index is 0.00841. The van der Waals surface area contributed by atoms with Gasteiger partial charge in [0, 0.05) is 4.57 Å². The summed E-state index contributed by atoms with van der Waals surface area (Å²) < 4.78 is 15.7. The maximum atomic E-state index is 12.3. The summed E-state index contributed by atoms with van der Waals surface area (Å²) in [6.45, 7) is 15.9. The highest BCUT2D eigenvalue weighted by molar-refractivity contribution is 7.32. The van der Waals surface area contributed by atoms with Gasteiger partial charge in [-0.1, -0.05) is 65.8 Å². The Kier molecular flexibility index (Phi) is 6.50. The molecule has 0 spiro atoms. The molecule has 0 heterocycles. The minimum atomic E-state index is -2.83. The molecule has 0 saturated carbocycles. The van der Waals surface area contributed by atoms with Gasteiger partial charge in [0.2, 0.25) is 0 Å². The van der Waals surface area contributed by atoms with Gasteiger partial charge in [0.15, 0.2) is 11.4 Å². The third-order valence-electron chi connectivity index (χ3n) is 4.01. The van der Waals surface area contributed by atoms with Crippen LogP contribution in [0.5, 0.6) is 0 Å². The van der Waals surface area contributed by atoms with Crippen LogP contribution in [0.1, 0.15) is 72.1 Å². The fraction of sp³-hybridized carbons (Fsp3) is 0.550. The summed E-state index contributed by atoms with van der Waals surface area (Å²) in [5.74, 6) is -0.358. The van der Waals surface area contributed by atoms with E-state index >= 15 is 0 Å². The molecule has 0 bridgehead atoms. The predicted molar refractivity (Wildman–Crippen MR) is 103 cm³/mol. The van der Waals surface area contributed by atoms with Gasteiger partial charge in [0.25, 0.3) is 0 Å². The molecule has 138 valence electrons. The Morgan fingerprint density at radius 3 is 1.76 bits per heavy atom. The Balaban J connectivity index is 3.25. The zero-order chi connectivity index (χ0) is 19.6. The summed E-state index contributed by atoms with van der Waals surface area (Å²) in [6, 6.07) is 6.35. The van der Waals surface area contributed by atoms with Crippen molar-refractivity contribution in [2.75, 3.05) is 0 Å². The lowest BCUT2D eigenvalue weighted by Gasteiger charge is -2.25. The highest BCUT2D eigenvalue weighted by Crippen LogP contribution is 2.31. The lowest BCUT2D eigenvalue weighted by Crippen LogP contribution is -2.31. The third-order valence-corrected chi connectivity index (χ3v) is 4.63. The number of carbonyl (C=O) groups is 1. The molecule has 0 aromatic heterocycles. The molecule has 1 atom stereocenters. The Morgan fingerprint density at radius 1 is 0.960 bits per heavy atom. The second-order valence-electron chi connectivity index (χ2n) is 8.88. The first kappa shape index (κ1) is 21.7. The largest absolute Gasteiger partial charge is 0.695 e. The van der Waals surface area contributed by atoms with Crippen molar-refractivity contribution in [1.82, 2.24) is 0 Å². The van der Waals surface area contributed by atoms with Gasteiger partial charge in [-0.05, 0) is 47.4 Å². The van der Waals surface area contributed by atoms with Crippen molar-refractivity contribution in [3.63, 3.8) is 0 Å². The molecule has 1 unspecified atom stereocenters. The molecule has 25 heavy (non-hydrogen) atoms. The van der Waals surface area contributed by atoms with Crippen LogP contribution in [-0.2, 0) is 24.7 Å². The van der Waals surface area contributed by atoms with Crippen molar-refractivity contribution in [1.29, 1.82) is 0 Å². The predicted octanol–water partition coefficient (Wildman–Crippen LogP) is 5.31. The zero-order valence-corrected chi connectivity index (χ0v) is 17.4. The maximum Gasteiger partial charge on any atom is 0.695 e. The molecule has 0 aliphatic carbocycles. The van der Waals surface area contributed by atoms with Crippen molar-refractivity contribution in [3.8, 4) is 0 Å². The van der Waals surface area contributed by atoms with Gasteiger partial charge < -0.3 is 0 Å². The van der Waals surface area contributed by atoms with E-state index in [1.165, 1.54) is 31.1 Å². The van der Waals surface area contributed by atoms with Crippen LogP contribution < -0.4 is 0 Å². The minimum Gasteiger partial charge on any atom is -0.291 e. The van der Waals surface area contributed by atoms with E-state index in [9.17, 15) is 9.36 Å². The summed E-state index contributed by atoms with van der Waals surface area (Å²) in [4.78, 5) is 21.2. The second-order valence-corrected chi connectivity index (χ2v) is 9.54. The highest BCUT2D eigenvalue weighted by Gasteiger charge is 2.36. The lowest BCUT2D eigenvalue weighted by molar-refractivity contribution is -0.126. The highest BCUT2D eigenvalue weighted by atomic mass is 31.1. The van der Waals surface area contributed by atoms with Crippen LogP contribution >= 0.6 is 8.25 Å². The Morgan fingerprint density at radius 2 is 1.40 bits per heavy atom. The lowest BCUT2D eigenvalue weighted by atomic mass is 9.79. The fourth-order valence-electron chi connectivity index (χ4n) is 2.23. The van der Waals surface area contributed by atoms with Crippen LogP contribution in [-0.4, -0.2) is 16.3 Å². The van der Waals surface area contributed by atoms with Crippen LogP contribution in [0, 0.1) is 0 Å². The fourth-order valence-corrected chi connectivity index (χ4v) is 2.71. The molecular weight excluding hydrogens is 335 g/mol. The molecule has 0 aliphatic heterocycles. The molecule has 0 saturated heterocycles. The van der Waals surface area contributed by atoms with Crippen molar-refractivity contribution in [3.05, 3.63) is 41.0 Å². The smallest absolute Gasteiger partial charge is 0.291 e. The van der Waals surface area contributed by atoms with E-state index in [0.717, 1.165) is 5.56 Å². The molecule has 1 rings (SSSR count). The molecule has 1 aromatic carbocycles. The van der Waals surface area contributed by atoms with Crippen LogP contribution in [0.15, 0.2) is 24.3 Å². The number of benzene rings is 1. The number of carbonyl (C=O) groups excluding carboxylic acids is 1. The first-order valence-corrected chi connectivity index (χ1v) is 9.50. The second kappa shape index (κ2) is 7.49. The van der Waals surface area contributed by atoms with Crippen LogP contribution in [0.25, 0.3) is 6.08 Å². The van der Waals surface area contributed by atoms with Crippen LogP contribution in [0.4, 0.5) is 0 Å². The average molecular weight is 365 g/mol. The maximum absolute atomic E-state index is 12.3. The van der Waals surface area contributed by atoms with E-state index in [1.54, 1.807) is 6.08 Å². The van der Waals surface area contributed by atoms with E-state index in [0.29, 0.717) is 0 Å². The van der Waals surface area contributed by atoms with Crippen molar-refractivity contribution in [2.24, 2.45) is 0 Å². The van der Waals surface area contributed by atoms with E-state index in [4.69, 9.17) is 9.42 Å². The molecule has 0 amide bonds. The van der Waals surface area contributed by atoms with Gasteiger partial charge in [-0.2, -0.15) is 0 Å². The van der Waals surface area contributed by atoms with E-state index in [1.807, 2.05) is 0 Å². The Hall–Kier alpha value is -1.35. The summed E-state index contributed by atoms with van der Waals surface area (Å²) in [6.07, 6.45) is 3.15. The molecule has 0 fully saturated rings. The first-order chi connectivity index (χ1) is 11.1. The van der Waals surface area contributed by atoms with Crippen molar-refractivity contribution >= 4 is 20.1 Å². The summed E-state index contributed by atoms with van der Waals surface area (Å²) in [7, 11) is -2.83. The summed E-state index contributed by atoms with van der Waals surface area (Å²) in [5.41, 5.74) is 1.96. The topological polar surface area (TPSA) is 63.6 Å². The number of ketones is 1. The Bertz CT molecular complexity index is 656. The summed E-state index contributed by atoms with van der Waals surface area (Å²) in [5, 5.41) is 0. The number of rotatable bonds is 5. The van der Waals surface area contributed by atoms with Crippen molar-refractivity contribution < 1.29 is 18.8 Å². The molecule has 1 aromatic rings. The van der Waals surface area contributed by atoms with Gasteiger partial charge in [-0.3, -0.25) is 4.79 Å². The molecule has 0 radical (unpaired) electrons. The van der Waals surface area contributed by atoms with Gasteiger partial charge in [0.05, 0.1) is 0 Å². The Labute approximate surface area is 152 Å². The quantitative estimate of drug-likeness (QED) is 0.567. The number of hydrogen-bond donors (Lipinski definition) is 1. The van der Waals surface area contributed by atoms with Gasteiger partial charge in [0.1, 0.15) is 0 Å². The monoisotopic (exact) mass is 365 g/mol. The normalized spacial score (nSPS) is 14.0.